The fourth-order valence-corrected chi connectivity index (χ4v) is 2.38. The Labute approximate surface area is 122 Å². The summed E-state index contributed by atoms with van der Waals surface area (Å²) in [5.41, 5.74) is 3.03. The third-order valence-electron chi connectivity index (χ3n) is 3.40. The number of benzene rings is 1. The molecule has 3 rings (SSSR count). The zero-order valence-corrected chi connectivity index (χ0v) is 12.1. The molecule has 0 unspecified atom stereocenters. The van der Waals surface area contributed by atoms with Crippen molar-refractivity contribution in [3.05, 3.63) is 52.8 Å². The highest BCUT2D eigenvalue weighted by molar-refractivity contribution is 6.31. The fraction of sp³-hybridized carbons (Fsp3) is 0.200. The number of rotatable bonds is 3. The summed E-state index contributed by atoms with van der Waals surface area (Å²) < 4.78 is 1.88. The van der Waals surface area contributed by atoms with Gasteiger partial charge in [0.1, 0.15) is 5.82 Å². The van der Waals surface area contributed by atoms with Gasteiger partial charge >= 0.3 is 0 Å². The monoisotopic (exact) mass is 286 g/mol. The first-order valence-electron chi connectivity index (χ1n) is 6.43. The molecule has 0 aliphatic carbocycles. The maximum Gasteiger partial charge on any atom is 0.131 e. The highest BCUT2D eigenvalue weighted by Crippen LogP contribution is 2.22. The second-order valence-electron chi connectivity index (χ2n) is 4.67. The molecule has 0 saturated heterocycles. The average Bonchev–Trinajstić information content (AvgIpc) is 2.78. The Kier molecular flexibility index (Phi) is 3.32. The summed E-state index contributed by atoms with van der Waals surface area (Å²) in [6, 6.07) is 10.2. The van der Waals surface area contributed by atoms with Gasteiger partial charge in [0.15, 0.2) is 0 Å². The number of fused-ring (bicyclic) bond motifs is 1. The molecule has 0 amide bonds. The Morgan fingerprint density at radius 1 is 1.30 bits per heavy atom. The number of hydrogen-bond donors (Lipinski definition) is 1. The van der Waals surface area contributed by atoms with Crippen molar-refractivity contribution in [3.8, 4) is 0 Å². The molecule has 3 aromatic rings. The molecule has 0 aliphatic rings. The lowest BCUT2D eigenvalue weighted by Gasteiger charge is -2.11. The van der Waals surface area contributed by atoms with E-state index in [1.165, 1.54) is 0 Å². The van der Waals surface area contributed by atoms with Crippen LogP contribution in [0, 0.1) is 6.92 Å². The van der Waals surface area contributed by atoms with E-state index in [2.05, 4.69) is 27.5 Å². The number of pyridine rings is 1. The molecule has 0 radical (unpaired) electrons. The zero-order chi connectivity index (χ0) is 14.1. The molecule has 102 valence electrons. The van der Waals surface area contributed by atoms with Gasteiger partial charge in [0, 0.05) is 18.0 Å². The summed E-state index contributed by atoms with van der Waals surface area (Å²) in [5, 5.41) is 9.25. The van der Waals surface area contributed by atoms with Crippen LogP contribution < -0.4 is 5.32 Å². The molecule has 2 heterocycles. The quantitative estimate of drug-likeness (QED) is 0.801. The van der Waals surface area contributed by atoms with E-state index in [9.17, 15) is 0 Å². The van der Waals surface area contributed by atoms with Crippen molar-refractivity contribution < 1.29 is 0 Å². The van der Waals surface area contributed by atoms with Crippen LogP contribution in [0.2, 0.25) is 5.02 Å². The number of halogens is 1. The molecule has 0 aliphatic heterocycles. The summed E-state index contributed by atoms with van der Waals surface area (Å²) in [4.78, 5) is 4.64. The zero-order valence-electron chi connectivity index (χ0n) is 11.4. The Hall–Kier alpha value is -2.07. The van der Waals surface area contributed by atoms with Crippen LogP contribution in [-0.4, -0.2) is 21.8 Å². The Morgan fingerprint density at radius 3 is 2.80 bits per heavy atom. The molecule has 20 heavy (non-hydrogen) atoms. The van der Waals surface area contributed by atoms with E-state index in [1.807, 2.05) is 36.9 Å². The van der Waals surface area contributed by atoms with Crippen LogP contribution in [0.15, 0.2) is 36.5 Å². The van der Waals surface area contributed by atoms with Gasteiger partial charge < -0.3 is 5.32 Å². The van der Waals surface area contributed by atoms with Crippen molar-refractivity contribution in [2.45, 2.75) is 13.5 Å². The van der Waals surface area contributed by atoms with Crippen LogP contribution in [0.25, 0.3) is 10.9 Å². The van der Waals surface area contributed by atoms with E-state index < -0.39 is 0 Å². The predicted octanol–water partition coefficient (Wildman–Crippen LogP) is 3.48. The third-order valence-corrected chi connectivity index (χ3v) is 3.77. The summed E-state index contributed by atoms with van der Waals surface area (Å²) in [6.07, 6.45) is 1.67. The van der Waals surface area contributed by atoms with Crippen molar-refractivity contribution in [2.24, 2.45) is 0 Å². The normalized spacial score (nSPS) is 10.9. The topological polar surface area (TPSA) is 42.7 Å². The van der Waals surface area contributed by atoms with Gasteiger partial charge in [0.25, 0.3) is 0 Å². The fourth-order valence-electron chi connectivity index (χ4n) is 2.24. The van der Waals surface area contributed by atoms with E-state index >= 15 is 0 Å². The number of para-hydroxylation sites is 1. The lowest BCUT2D eigenvalue weighted by Crippen LogP contribution is -2.07. The van der Waals surface area contributed by atoms with Crippen LogP contribution in [0.3, 0.4) is 0 Å². The third kappa shape index (κ3) is 2.23. The molecular weight excluding hydrogens is 272 g/mol. The molecule has 0 fully saturated rings. The van der Waals surface area contributed by atoms with Crippen molar-refractivity contribution in [2.75, 3.05) is 12.4 Å². The summed E-state index contributed by atoms with van der Waals surface area (Å²) >= 11 is 6.05. The molecule has 0 bridgehead atoms. The number of hydrogen-bond acceptors (Lipinski definition) is 3. The first kappa shape index (κ1) is 12.9. The largest absolute Gasteiger partial charge is 0.373 e. The molecule has 5 heteroatoms. The second-order valence-corrected chi connectivity index (χ2v) is 5.08. The maximum atomic E-state index is 6.05. The van der Waals surface area contributed by atoms with E-state index in [0.29, 0.717) is 11.6 Å². The van der Waals surface area contributed by atoms with E-state index in [0.717, 1.165) is 28.0 Å². The number of aromatic nitrogens is 3. The van der Waals surface area contributed by atoms with Gasteiger partial charge in [-0.3, -0.25) is 4.68 Å². The minimum absolute atomic E-state index is 0.645. The molecule has 0 saturated carbocycles. The average molecular weight is 287 g/mol. The summed E-state index contributed by atoms with van der Waals surface area (Å²) in [6.45, 7) is 2.61. The Bertz CT molecular complexity index is 764. The number of anilines is 1. The van der Waals surface area contributed by atoms with Crippen molar-refractivity contribution >= 4 is 28.3 Å². The molecule has 4 nitrogen and oxygen atoms in total. The molecule has 1 N–H and O–H groups in total. The maximum absolute atomic E-state index is 6.05. The number of nitrogens with one attached hydrogen (secondary N) is 1. The molecule has 0 atom stereocenters. The first-order valence-corrected chi connectivity index (χ1v) is 6.81. The molecular formula is C15H15ClN4. The predicted molar refractivity (Wildman–Crippen MR) is 82.4 cm³/mol. The van der Waals surface area contributed by atoms with Crippen molar-refractivity contribution in [1.82, 2.24) is 14.8 Å². The van der Waals surface area contributed by atoms with Gasteiger partial charge in [-0.05, 0) is 19.1 Å². The van der Waals surface area contributed by atoms with Gasteiger partial charge in [-0.25, -0.2) is 4.98 Å². The molecule has 2 aromatic heterocycles. The highest BCUT2D eigenvalue weighted by Gasteiger charge is 2.09. The first-order chi connectivity index (χ1) is 9.69. The van der Waals surface area contributed by atoms with Gasteiger partial charge in [-0.1, -0.05) is 29.8 Å². The Balaban J connectivity index is 2.07. The van der Waals surface area contributed by atoms with E-state index in [1.54, 1.807) is 6.20 Å². The Morgan fingerprint density at radius 2 is 2.10 bits per heavy atom. The van der Waals surface area contributed by atoms with Crippen molar-refractivity contribution in [1.29, 1.82) is 0 Å². The van der Waals surface area contributed by atoms with Crippen LogP contribution in [-0.2, 0) is 6.54 Å². The highest BCUT2D eigenvalue weighted by atomic mass is 35.5. The van der Waals surface area contributed by atoms with Gasteiger partial charge in [-0.15, -0.1) is 0 Å². The van der Waals surface area contributed by atoms with Crippen LogP contribution >= 0.6 is 11.6 Å². The van der Waals surface area contributed by atoms with Crippen molar-refractivity contribution in [3.63, 3.8) is 0 Å². The van der Waals surface area contributed by atoms with Crippen LogP contribution in [0.1, 0.15) is 11.3 Å². The van der Waals surface area contributed by atoms with Gasteiger partial charge in [0.05, 0.1) is 29.0 Å². The van der Waals surface area contributed by atoms with E-state index in [4.69, 9.17) is 11.6 Å². The standard InChI is InChI=1S/C15H15ClN4/c1-10-13(16)8-18-20(10)9-12-7-11-5-3-4-6-14(11)19-15(12)17-2/h3-8H,9H2,1-2H3,(H,17,19). The van der Waals surface area contributed by atoms with Crippen LogP contribution in [0.5, 0.6) is 0 Å². The molecule has 1 aromatic carbocycles. The van der Waals surface area contributed by atoms with Crippen LogP contribution in [0.4, 0.5) is 5.82 Å². The van der Waals surface area contributed by atoms with Gasteiger partial charge in [0.2, 0.25) is 0 Å². The lowest BCUT2D eigenvalue weighted by atomic mass is 10.1. The minimum atomic E-state index is 0.645. The summed E-state index contributed by atoms with van der Waals surface area (Å²) in [7, 11) is 1.88. The SMILES string of the molecule is CNc1nc2ccccc2cc1Cn1ncc(Cl)c1C. The molecule has 0 spiro atoms. The summed E-state index contributed by atoms with van der Waals surface area (Å²) in [5.74, 6) is 0.870. The van der Waals surface area contributed by atoms with E-state index in [-0.39, 0.29) is 0 Å². The smallest absolute Gasteiger partial charge is 0.131 e. The second kappa shape index (κ2) is 5.13. The van der Waals surface area contributed by atoms with Gasteiger partial charge in [-0.2, -0.15) is 5.10 Å². The minimum Gasteiger partial charge on any atom is -0.373 e. The lowest BCUT2D eigenvalue weighted by molar-refractivity contribution is 0.665. The number of nitrogens with zero attached hydrogens (tertiary/aromatic N) is 3.